The second-order valence-electron chi connectivity index (χ2n) is 11.8. The van der Waals surface area contributed by atoms with Gasteiger partial charge in [-0.1, -0.05) is 17.7 Å². The first-order valence-electron chi connectivity index (χ1n) is 12.8. The third kappa shape index (κ3) is 4.18. The predicted molar refractivity (Wildman–Crippen MR) is 134 cm³/mol. The number of hydrogen-bond donors (Lipinski definition) is 2. The average Bonchev–Trinajstić information content (AvgIpc) is 3.22. The molecule has 182 valence electrons. The molecule has 1 amide bonds. The van der Waals surface area contributed by atoms with E-state index in [1.54, 1.807) is 11.3 Å². The molecule has 4 saturated carbocycles. The van der Waals surface area contributed by atoms with E-state index in [0.29, 0.717) is 31.5 Å². The minimum absolute atomic E-state index is 0.0549. The maximum Gasteiger partial charge on any atom is 0.234 e. The summed E-state index contributed by atoms with van der Waals surface area (Å²) >= 11 is 1.68. The number of benzene rings is 1. The Hall–Kier alpha value is -1.89. The van der Waals surface area contributed by atoms with Crippen LogP contribution in [0.25, 0.3) is 0 Å². The zero-order chi connectivity index (χ0) is 23.5. The normalized spacial score (nSPS) is 35.3. The SMILES string of the molecule is Cc1ccc2c(c1)CN(CC(=O)N[C@H](C)C13C[C@H]4C[C@@H](CC(O)(C4)C1)C3)C[C@@H](c1ccsc1)O2. The van der Waals surface area contributed by atoms with Gasteiger partial charge in [0.2, 0.25) is 5.91 Å². The van der Waals surface area contributed by atoms with E-state index in [0.717, 1.165) is 43.4 Å². The lowest BCUT2D eigenvalue weighted by molar-refractivity contribution is -0.173. The van der Waals surface area contributed by atoms with Gasteiger partial charge < -0.3 is 15.2 Å². The first-order chi connectivity index (χ1) is 16.3. The Morgan fingerprint density at radius 1 is 1.26 bits per heavy atom. The predicted octanol–water partition coefficient (Wildman–Crippen LogP) is 4.83. The molecule has 0 unspecified atom stereocenters. The Balaban J connectivity index is 1.17. The summed E-state index contributed by atoms with van der Waals surface area (Å²) in [4.78, 5) is 15.5. The van der Waals surface area contributed by atoms with Gasteiger partial charge in [0.15, 0.2) is 0 Å². The number of carbonyl (C=O) groups is 1. The number of hydrogen-bond acceptors (Lipinski definition) is 5. The van der Waals surface area contributed by atoms with Gasteiger partial charge >= 0.3 is 0 Å². The summed E-state index contributed by atoms with van der Waals surface area (Å²) in [6, 6.07) is 8.53. The van der Waals surface area contributed by atoms with E-state index in [4.69, 9.17) is 4.74 Å². The van der Waals surface area contributed by atoms with Gasteiger partial charge in [0.05, 0.1) is 12.1 Å². The van der Waals surface area contributed by atoms with Gasteiger partial charge in [-0.25, -0.2) is 0 Å². The summed E-state index contributed by atoms with van der Waals surface area (Å²) < 4.78 is 6.43. The number of nitrogens with zero attached hydrogens (tertiary/aromatic N) is 1. The van der Waals surface area contributed by atoms with Gasteiger partial charge in [0.25, 0.3) is 0 Å². The molecule has 0 spiro atoms. The molecule has 4 bridgehead atoms. The van der Waals surface area contributed by atoms with E-state index in [9.17, 15) is 9.90 Å². The summed E-state index contributed by atoms with van der Waals surface area (Å²) in [6.07, 6.45) is 6.25. The van der Waals surface area contributed by atoms with E-state index in [1.165, 1.54) is 17.5 Å². The lowest BCUT2D eigenvalue weighted by atomic mass is 9.46. The number of aryl methyl sites for hydroxylation is 1. The number of thiophene rings is 1. The van der Waals surface area contributed by atoms with Crippen LogP contribution in [0, 0.1) is 24.2 Å². The molecule has 6 heteroatoms. The fourth-order valence-electron chi connectivity index (χ4n) is 7.86. The van der Waals surface area contributed by atoms with Crippen molar-refractivity contribution in [1.82, 2.24) is 10.2 Å². The van der Waals surface area contributed by atoms with Gasteiger partial charge in [-0.3, -0.25) is 9.69 Å². The van der Waals surface area contributed by atoms with Crippen molar-refractivity contribution in [3.63, 3.8) is 0 Å². The highest BCUT2D eigenvalue weighted by Crippen LogP contribution is 2.62. The standard InChI is InChI=1S/C28H36N2O3S/c1-18-3-4-24-23(7-18)13-30(14-25(33-24)22-5-6-34-16-22)15-26(31)29-19(2)27-9-20-8-21(10-27)12-28(32,11-20)17-27/h3-7,16,19-21,25,32H,8-15,17H2,1-2H3,(H,29,31)/t19-,20-,21-,25+,27?,28?/m1/s1. The molecule has 2 N–H and O–H groups in total. The molecule has 2 aromatic rings. The van der Waals surface area contributed by atoms with Crippen molar-refractivity contribution in [1.29, 1.82) is 0 Å². The van der Waals surface area contributed by atoms with E-state index in [2.05, 4.69) is 59.1 Å². The summed E-state index contributed by atoms with van der Waals surface area (Å²) in [6.45, 7) is 6.01. The molecule has 1 aromatic carbocycles. The Labute approximate surface area is 206 Å². The van der Waals surface area contributed by atoms with E-state index in [-0.39, 0.29) is 23.5 Å². The number of aliphatic hydroxyl groups is 1. The second kappa shape index (κ2) is 8.35. The Morgan fingerprint density at radius 3 is 2.76 bits per heavy atom. The Kier molecular flexibility index (Phi) is 5.54. The molecule has 7 rings (SSSR count). The van der Waals surface area contributed by atoms with Crippen LogP contribution in [0.3, 0.4) is 0 Å². The quantitative estimate of drug-likeness (QED) is 0.644. The first-order valence-corrected chi connectivity index (χ1v) is 13.8. The highest BCUT2D eigenvalue weighted by molar-refractivity contribution is 7.07. The van der Waals surface area contributed by atoms with Crippen molar-refractivity contribution in [3.05, 3.63) is 51.7 Å². The lowest BCUT2D eigenvalue weighted by Gasteiger charge is -2.62. The molecule has 4 aliphatic carbocycles. The van der Waals surface area contributed by atoms with Crippen LogP contribution in [-0.2, 0) is 11.3 Å². The van der Waals surface area contributed by atoms with Crippen molar-refractivity contribution >= 4 is 17.2 Å². The summed E-state index contributed by atoms with van der Waals surface area (Å²) in [5.41, 5.74) is 3.06. The summed E-state index contributed by atoms with van der Waals surface area (Å²) in [5.74, 6) is 2.24. The van der Waals surface area contributed by atoms with Gasteiger partial charge in [-0.15, -0.1) is 0 Å². The Bertz CT molecular complexity index is 1050. The van der Waals surface area contributed by atoms with Crippen LogP contribution in [0.5, 0.6) is 5.75 Å². The maximum absolute atomic E-state index is 13.3. The van der Waals surface area contributed by atoms with Crippen LogP contribution >= 0.6 is 11.3 Å². The zero-order valence-electron chi connectivity index (χ0n) is 20.3. The van der Waals surface area contributed by atoms with Gasteiger partial charge in [0.1, 0.15) is 11.9 Å². The maximum atomic E-state index is 13.3. The van der Waals surface area contributed by atoms with E-state index in [1.807, 2.05) is 0 Å². The molecule has 1 aromatic heterocycles. The van der Waals surface area contributed by atoms with Crippen LogP contribution in [-0.4, -0.2) is 40.6 Å². The van der Waals surface area contributed by atoms with Crippen LogP contribution < -0.4 is 10.1 Å². The second-order valence-corrected chi connectivity index (χ2v) is 12.6. The molecular formula is C28H36N2O3S. The molecule has 5 nitrogen and oxygen atoms in total. The van der Waals surface area contributed by atoms with E-state index < -0.39 is 5.60 Å². The van der Waals surface area contributed by atoms with Crippen molar-refractivity contribution in [3.8, 4) is 5.75 Å². The lowest BCUT2D eigenvalue weighted by Crippen LogP contribution is -2.62. The van der Waals surface area contributed by atoms with E-state index >= 15 is 0 Å². The van der Waals surface area contributed by atoms with Crippen LogP contribution in [0.1, 0.15) is 68.2 Å². The highest BCUT2D eigenvalue weighted by Gasteiger charge is 2.59. The number of nitrogens with one attached hydrogen (secondary N) is 1. The molecule has 0 saturated heterocycles. The monoisotopic (exact) mass is 480 g/mol. The van der Waals surface area contributed by atoms with Crippen molar-refractivity contribution < 1.29 is 14.6 Å². The fraction of sp³-hybridized carbons (Fsp3) is 0.607. The highest BCUT2D eigenvalue weighted by atomic mass is 32.1. The summed E-state index contributed by atoms with van der Waals surface area (Å²) in [5, 5.41) is 18.7. The third-order valence-electron chi connectivity index (χ3n) is 8.96. The number of rotatable bonds is 5. The zero-order valence-corrected chi connectivity index (χ0v) is 21.1. The van der Waals surface area contributed by atoms with Crippen molar-refractivity contribution in [2.75, 3.05) is 13.1 Å². The molecule has 1 aliphatic heterocycles. The Morgan fingerprint density at radius 2 is 2.06 bits per heavy atom. The molecule has 5 aliphatic rings. The molecular weight excluding hydrogens is 444 g/mol. The minimum atomic E-state index is -0.499. The molecule has 4 fully saturated rings. The topological polar surface area (TPSA) is 61.8 Å². The number of fused-ring (bicyclic) bond motifs is 1. The number of ether oxygens (including phenoxy) is 1. The van der Waals surface area contributed by atoms with Crippen molar-refractivity contribution in [2.45, 2.75) is 76.7 Å². The van der Waals surface area contributed by atoms with Gasteiger partial charge in [-0.05, 0) is 92.5 Å². The molecule has 4 atom stereocenters. The minimum Gasteiger partial charge on any atom is -0.484 e. The van der Waals surface area contributed by atoms with Gasteiger partial charge in [0, 0.05) is 30.3 Å². The van der Waals surface area contributed by atoms with Crippen molar-refractivity contribution in [2.24, 2.45) is 17.3 Å². The first kappa shape index (κ1) is 22.6. The van der Waals surface area contributed by atoms with Crippen LogP contribution in [0.15, 0.2) is 35.0 Å². The third-order valence-corrected chi connectivity index (χ3v) is 9.66. The summed E-state index contributed by atoms with van der Waals surface area (Å²) in [7, 11) is 0. The fourth-order valence-corrected chi connectivity index (χ4v) is 8.57. The van der Waals surface area contributed by atoms with Crippen LogP contribution in [0.4, 0.5) is 0 Å². The molecule has 34 heavy (non-hydrogen) atoms. The van der Waals surface area contributed by atoms with Gasteiger partial charge in [-0.2, -0.15) is 11.3 Å². The number of carbonyl (C=O) groups excluding carboxylic acids is 1. The smallest absolute Gasteiger partial charge is 0.234 e. The molecule has 2 heterocycles. The molecule has 0 radical (unpaired) electrons. The average molecular weight is 481 g/mol. The number of amides is 1. The largest absolute Gasteiger partial charge is 0.484 e. The van der Waals surface area contributed by atoms with Crippen LogP contribution in [0.2, 0.25) is 0 Å².